The first kappa shape index (κ1) is 49.6. The SMILES string of the molecule is C/C=C1/c2cc3[nH]c4c(c5nc(cc6[nH]c(cc(n2)[C@@H]1C)/c(=C(\C)O)c6C)[C@@H](C)[C@@H]5CCC(=O)OCCC(C)CCC[C@H](C)CCC[C@H](C)CCCC(C)C)[C@@H](C(=O)OC)C(O)=c4c3C. The smallest absolute Gasteiger partial charge is 0.321 e. The molecule has 7 atom stereocenters. The predicted octanol–water partition coefficient (Wildman–Crippen LogP) is 12.4. The number of aromatic amines is 2. The maximum atomic E-state index is 13.7. The third kappa shape index (κ3) is 11.1. The second-order valence-electron chi connectivity index (χ2n) is 20.4. The van der Waals surface area contributed by atoms with E-state index in [4.69, 9.17) is 19.4 Å². The van der Waals surface area contributed by atoms with E-state index in [2.05, 4.69) is 64.5 Å². The molecule has 3 aromatic rings. The van der Waals surface area contributed by atoms with Crippen LogP contribution in [0, 0.1) is 37.5 Å². The molecular weight excluding hydrogens is 813 g/mol. The molecule has 10 nitrogen and oxygen atoms in total. The number of hydrogen-bond donors (Lipinski definition) is 4. The summed E-state index contributed by atoms with van der Waals surface area (Å²) < 4.78 is 11.2. The molecule has 8 bridgehead atoms. The molecule has 1 aliphatic carbocycles. The molecule has 10 heteroatoms. The molecule has 0 aromatic carbocycles. The third-order valence-electron chi connectivity index (χ3n) is 14.9. The lowest BCUT2D eigenvalue weighted by Gasteiger charge is -2.19. The van der Waals surface area contributed by atoms with Crippen LogP contribution in [0.5, 0.6) is 0 Å². The Hall–Kier alpha value is -4.86. The number of carbonyl (C=O) groups is 2. The van der Waals surface area contributed by atoms with Crippen molar-refractivity contribution in [2.24, 2.45) is 23.7 Å². The van der Waals surface area contributed by atoms with Crippen LogP contribution in [0.4, 0.5) is 0 Å². The summed E-state index contributed by atoms with van der Waals surface area (Å²) in [6.07, 6.45) is 15.1. The Balaban J connectivity index is 1.23. The molecule has 2 aliphatic heterocycles. The van der Waals surface area contributed by atoms with E-state index in [0.717, 1.165) is 80.9 Å². The Morgan fingerprint density at radius 3 is 2.02 bits per heavy atom. The van der Waals surface area contributed by atoms with Gasteiger partial charge >= 0.3 is 11.9 Å². The molecule has 0 saturated heterocycles. The first-order valence-corrected chi connectivity index (χ1v) is 24.7. The summed E-state index contributed by atoms with van der Waals surface area (Å²) in [5.41, 5.74) is 9.22. The molecule has 0 fully saturated rings. The summed E-state index contributed by atoms with van der Waals surface area (Å²) in [5.74, 6) is 0.549. The molecule has 0 saturated carbocycles. The van der Waals surface area contributed by atoms with Crippen molar-refractivity contribution in [3.63, 3.8) is 0 Å². The van der Waals surface area contributed by atoms with E-state index in [0.29, 0.717) is 46.2 Å². The van der Waals surface area contributed by atoms with Crippen molar-refractivity contribution in [3.05, 3.63) is 74.2 Å². The van der Waals surface area contributed by atoms with E-state index < -0.39 is 11.9 Å². The van der Waals surface area contributed by atoms with Gasteiger partial charge in [0.15, 0.2) is 0 Å². The van der Waals surface area contributed by atoms with Crippen LogP contribution in [0.1, 0.15) is 203 Å². The van der Waals surface area contributed by atoms with E-state index >= 15 is 0 Å². The first-order chi connectivity index (χ1) is 30.9. The predicted molar refractivity (Wildman–Crippen MR) is 264 cm³/mol. The highest BCUT2D eigenvalue weighted by atomic mass is 16.5. The molecule has 0 radical (unpaired) electrons. The van der Waals surface area contributed by atoms with Crippen LogP contribution in [0.3, 0.4) is 0 Å². The summed E-state index contributed by atoms with van der Waals surface area (Å²) in [6.45, 7) is 23.9. The third-order valence-corrected chi connectivity index (χ3v) is 14.9. The molecule has 0 amide bonds. The molecule has 65 heavy (non-hydrogen) atoms. The molecule has 3 aromatic heterocycles. The van der Waals surface area contributed by atoms with Crippen LogP contribution in [0.15, 0.2) is 24.3 Å². The molecular formula is C55H78N4O6. The summed E-state index contributed by atoms with van der Waals surface area (Å²) in [6, 6.07) is 6.02. The standard InChI is InChI=1S/C55H78N4O6/c1-13-39-34(7)41-29-46-48(38(11)60)36(9)43(57-46)27-42-35(8)40(52(58-42)50-51(55(63)64-12)54(62)49-37(10)44(59-53(49)50)28-45(39)56-41)23-24-47(61)65-26-25-33(6)22-16-21-32(5)20-15-19-31(4)18-14-17-30(2)3/h13,27-35,40,51,57,59-60,62H,14-26H2,1-12H3/b39-13+,42-27?,45-28?,46-29?,48-38+/t31-,32-,33?,34-,35+,40+,51-/m1/s1. The van der Waals surface area contributed by atoms with Gasteiger partial charge in [0, 0.05) is 56.9 Å². The fraction of sp³-hybridized carbons (Fsp3) is 0.600. The zero-order chi connectivity index (χ0) is 47.3. The number of esters is 2. The van der Waals surface area contributed by atoms with E-state index in [1.54, 1.807) is 6.92 Å². The van der Waals surface area contributed by atoms with E-state index in [1.165, 1.54) is 58.5 Å². The number of fused-ring (bicyclic) bond motifs is 8. The zero-order valence-corrected chi connectivity index (χ0v) is 41.5. The summed E-state index contributed by atoms with van der Waals surface area (Å²) in [5, 5.41) is 24.2. The number of allylic oxidation sites excluding steroid dienone is 2. The number of nitrogens with zero attached hydrogens (tertiary/aromatic N) is 2. The van der Waals surface area contributed by atoms with Crippen molar-refractivity contribution in [2.45, 2.75) is 177 Å². The number of hydrogen-bond acceptors (Lipinski definition) is 8. The molecule has 354 valence electrons. The Morgan fingerprint density at radius 2 is 1.42 bits per heavy atom. The van der Waals surface area contributed by atoms with Crippen LogP contribution < -0.4 is 10.4 Å². The maximum absolute atomic E-state index is 13.7. The minimum atomic E-state index is -1.09. The minimum absolute atomic E-state index is 0.0127. The van der Waals surface area contributed by atoms with Crippen molar-refractivity contribution in [2.75, 3.05) is 13.7 Å². The van der Waals surface area contributed by atoms with Crippen molar-refractivity contribution < 1.29 is 29.3 Å². The number of aliphatic hydroxyl groups excluding tert-OH is 2. The lowest BCUT2D eigenvalue weighted by Crippen LogP contribution is -2.18. The number of carbonyl (C=O) groups excluding carboxylic acids is 2. The largest absolute Gasteiger partial charge is 0.512 e. The highest BCUT2D eigenvalue weighted by molar-refractivity contribution is 5.96. The van der Waals surface area contributed by atoms with Gasteiger partial charge in [-0.15, -0.1) is 0 Å². The number of ether oxygens (including phenoxy) is 2. The molecule has 3 aliphatic rings. The van der Waals surface area contributed by atoms with Crippen LogP contribution >= 0.6 is 0 Å². The Labute approximate surface area is 387 Å². The van der Waals surface area contributed by atoms with Gasteiger partial charge < -0.3 is 29.7 Å². The van der Waals surface area contributed by atoms with Crippen LogP contribution in [0.25, 0.3) is 39.2 Å². The summed E-state index contributed by atoms with van der Waals surface area (Å²) in [4.78, 5) is 44.7. The number of aromatic nitrogens is 4. The highest BCUT2D eigenvalue weighted by Crippen LogP contribution is 2.46. The van der Waals surface area contributed by atoms with Gasteiger partial charge in [-0.25, -0.2) is 0 Å². The fourth-order valence-corrected chi connectivity index (χ4v) is 10.7. The average molecular weight is 891 g/mol. The van der Waals surface area contributed by atoms with Crippen molar-refractivity contribution in [3.8, 4) is 0 Å². The lowest BCUT2D eigenvalue weighted by atomic mass is 9.84. The second kappa shape index (κ2) is 21.6. The van der Waals surface area contributed by atoms with Crippen molar-refractivity contribution in [1.82, 2.24) is 19.9 Å². The van der Waals surface area contributed by atoms with Crippen LogP contribution in [-0.4, -0.2) is 55.8 Å². The van der Waals surface area contributed by atoms with Gasteiger partial charge in [0.1, 0.15) is 11.7 Å². The van der Waals surface area contributed by atoms with Gasteiger partial charge in [-0.05, 0) is 99.1 Å². The summed E-state index contributed by atoms with van der Waals surface area (Å²) in [7, 11) is 1.33. The normalized spacial score (nSPS) is 20.6. The van der Waals surface area contributed by atoms with E-state index in [9.17, 15) is 19.8 Å². The Kier molecular flexibility index (Phi) is 16.5. The highest BCUT2D eigenvalue weighted by Gasteiger charge is 2.41. The molecule has 4 N–H and O–H groups in total. The summed E-state index contributed by atoms with van der Waals surface area (Å²) >= 11 is 0. The first-order valence-electron chi connectivity index (χ1n) is 24.7. The molecule has 5 heterocycles. The molecule has 6 rings (SSSR count). The Morgan fingerprint density at radius 1 is 0.815 bits per heavy atom. The molecule has 0 spiro atoms. The quantitative estimate of drug-likeness (QED) is 0.0869. The lowest BCUT2D eigenvalue weighted by molar-refractivity contribution is -0.144. The average Bonchev–Trinajstić information content (AvgIpc) is 4.00. The van der Waals surface area contributed by atoms with Gasteiger partial charge in [-0.1, -0.05) is 112 Å². The number of methoxy groups -OCH3 is 1. The van der Waals surface area contributed by atoms with Crippen LogP contribution in [0.2, 0.25) is 0 Å². The number of aliphatic hydroxyl groups is 2. The van der Waals surface area contributed by atoms with Crippen LogP contribution in [-0.2, 0) is 19.1 Å². The number of rotatable bonds is 19. The van der Waals surface area contributed by atoms with Gasteiger partial charge in [0.05, 0.1) is 47.6 Å². The van der Waals surface area contributed by atoms with Gasteiger partial charge in [-0.3, -0.25) is 19.6 Å². The van der Waals surface area contributed by atoms with E-state index in [-0.39, 0.29) is 41.7 Å². The number of nitrogens with one attached hydrogen (secondary N) is 2. The zero-order valence-electron chi connectivity index (χ0n) is 41.5. The number of aryl methyl sites for hydroxylation is 2. The van der Waals surface area contributed by atoms with Gasteiger partial charge in [0.25, 0.3) is 0 Å². The second-order valence-corrected chi connectivity index (χ2v) is 20.4. The van der Waals surface area contributed by atoms with Crippen molar-refractivity contribution in [1.29, 1.82) is 0 Å². The monoisotopic (exact) mass is 891 g/mol. The maximum Gasteiger partial charge on any atom is 0.321 e. The molecule has 1 unspecified atom stereocenters. The minimum Gasteiger partial charge on any atom is -0.512 e. The topological polar surface area (TPSA) is 150 Å². The van der Waals surface area contributed by atoms with Gasteiger partial charge in [0.2, 0.25) is 0 Å². The van der Waals surface area contributed by atoms with Gasteiger partial charge in [-0.2, -0.15) is 0 Å². The number of H-pyrrole nitrogens is 2. The van der Waals surface area contributed by atoms with E-state index in [1.807, 2.05) is 39.0 Å². The van der Waals surface area contributed by atoms with Crippen molar-refractivity contribution >= 4 is 51.1 Å². The Bertz CT molecular complexity index is 2540. The fourth-order valence-electron chi connectivity index (χ4n) is 10.7.